The first-order valence-electron chi connectivity index (χ1n) is 4.50. The van der Waals surface area contributed by atoms with Crippen LogP contribution in [0, 0.1) is 0 Å². The Labute approximate surface area is 92.3 Å². The molecule has 0 saturated heterocycles. The number of benzene rings is 1. The number of Topliss-reactive ketones (excluding diaryl/α,β-unsaturated/α-hetero) is 1. The van der Waals surface area contributed by atoms with Gasteiger partial charge in [0, 0.05) is 6.20 Å². The topological polar surface area (TPSA) is 34.9 Å². The van der Waals surface area contributed by atoms with Gasteiger partial charge in [0.1, 0.15) is 0 Å². The molecular formula is C11H9ClN2O. The summed E-state index contributed by atoms with van der Waals surface area (Å²) in [7, 11) is 0. The third kappa shape index (κ3) is 1.92. The van der Waals surface area contributed by atoms with Gasteiger partial charge in [-0.05, 0) is 19.1 Å². The van der Waals surface area contributed by atoms with Crippen molar-refractivity contribution in [3.63, 3.8) is 0 Å². The number of hydrogen-bond donors (Lipinski definition) is 0. The minimum atomic E-state index is -0.0813. The molecule has 0 fully saturated rings. The van der Waals surface area contributed by atoms with Crippen LogP contribution in [0.4, 0.5) is 0 Å². The number of carbonyl (C=O) groups is 1. The zero-order valence-electron chi connectivity index (χ0n) is 8.14. The van der Waals surface area contributed by atoms with E-state index in [1.807, 2.05) is 30.3 Å². The summed E-state index contributed by atoms with van der Waals surface area (Å²) in [6, 6.07) is 9.51. The van der Waals surface area contributed by atoms with Crippen molar-refractivity contribution >= 4 is 17.4 Å². The average Bonchev–Trinajstić information content (AvgIpc) is 2.62. The number of rotatable bonds is 2. The van der Waals surface area contributed by atoms with E-state index in [1.165, 1.54) is 6.92 Å². The second-order valence-corrected chi connectivity index (χ2v) is 3.53. The van der Waals surface area contributed by atoms with E-state index in [-0.39, 0.29) is 10.9 Å². The number of nitrogens with zero attached hydrogens (tertiary/aromatic N) is 2. The highest BCUT2D eigenvalue weighted by atomic mass is 35.5. The second-order valence-electron chi connectivity index (χ2n) is 3.17. The van der Waals surface area contributed by atoms with Crippen LogP contribution in [0.3, 0.4) is 0 Å². The molecule has 0 saturated carbocycles. The molecule has 0 amide bonds. The van der Waals surface area contributed by atoms with Crippen molar-refractivity contribution in [2.75, 3.05) is 0 Å². The highest BCUT2D eigenvalue weighted by molar-refractivity contribution is 6.32. The smallest absolute Gasteiger partial charge is 0.164 e. The molecule has 15 heavy (non-hydrogen) atoms. The zero-order valence-corrected chi connectivity index (χ0v) is 8.90. The number of halogens is 1. The predicted molar refractivity (Wildman–Crippen MR) is 58.6 cm³/mol. The lowest BCUT2D eigenvalue weighted by atomic mass is 10.2. The van der Waals surface area contributed by atoms with Gasteiger partial charge < -0.3 is 0 Å². The molecule has 0 aliphatic carbocycles. The van der Waals surface area contributed by atoms with Crippen LogP contribution in [0.25, 0.3) is 5.69 Å². The van der Waals surface area contributed by atoms with Crippen LogP contribution >= 0.6 is 11.6 Å². The summed E-state index contributed by atoms with van der Waals surface area (Å²) in [6.45, 7) is 1.47. The lowest BCUT2D eigenvalue weighted by Gasteiger charge is -1.98. The maximum atomic E-state index is 11.2. The van der Waals surface area contributed by atoms with Crippen LogP contribution in [-0.4, -0.2) is 15.6 Å². The largest absolute Gasteiger partial charge is 0.294 e. The molecule has 0 atom stereocenters. The number of hydrogen-bond acceptors (Lipinski definition) is 2. The van der Waals surface area contributed by atoms with Crippen LogP contribution in [0.2, 0.25) is 5.15 Å². The SMILES string of the molecule is CC(=O)c1cn(-c2ccccc2)nc1Cl. The van der Waals surface area contributed by atoms with Gasteiger partial charge in [-0.3, -0.25) is 4.79 Å². The third-order valence-electron chi connectivity index (χ3n) is 2.07. The quantitative estimate of drug-likeness (QED) is 0.730. The molecule has 2 aromatic rings. The molecule has 3 nitrogen and oxygen atoms in total. The lowest BCUT2D eigenvalue weighted by Crippen LogP contribution is -1.93. The molecule has 1 heterocycles. The molecule has 0 unspecified atom stereocenters. The summed E-state index contributed by atoms with van der Waals surface area (Å²) >= 11 is 5.84. The minimum absolute atomic E-state index is 0.0813. The minimum Gasteiger partial charge on any atom is -0.294 e. The van der Waals surface area contributed by atoms with Gasteiger partial charge in [0.25, 0.3) is 0 Å². The van der Waals surface area contributed by atoms with Crippen molar-refractivity contribution < 1.29 is 4.79 Å². The first kappa shape index (κ1) is 9.93. The molecule has 0 aliphatic heterocycles. The summed E-state index contributed by atoms with van der Waals surface area (Å²) in [4.78, 5) is 11.2. The standard InChI is InChI=1S/C11H9ClN2O/c1-8(15)10-7-14(13-11(10)12)9-5-3-2-4-6-9/h2-7H,1H3. The Bertz CT molecular complexity index is 491. The van der Waals surface area contributed by atoms with E-state index in [1.54, 1.807) is 10.9 Å². The Balaban J connectivity index is 2.48. The molecule has 0 spiro atoms. The third-order valence-corrected chi connectivity index (χ3v) is 2.35. The van der Waals surface area contributed by atoms with Crippen molar-refractivity contribution in [2.45, 2.75) is 6.92 Å². The molecule has 1 aromatic carbocycles. The van der Waals surface area contributed by atoms with Crippen LogP contribution in [0.15, 0.2) is 36.5 Å². The Morgan fingerprint density at radius 3 is 2.53 bits per heavy atom. The van der Waals surface area contributed by atoms with Crippen LogP contribution in [-0.2, 0) is 0 Å². The maximum Gasteiger partial charge on any atom is 0.164 e. The van der Waals surface area contributed by atoms with Gasteiger partial charge in [-0.15, -0.1) is 0 Å². The van der Waals surface area contributed by atoms with Crippen molar-refractivity contribution in [1.29, 1.82) is 0 Å². The number of para-hydroxylation sites is 1. The van der Waals surface area contributed by atoms with Gasteiger partial charge >= 0.3 is 0 Å². The molecule has 0 aliphatic rings. The summed E-state index contributed by atoms with van der Waals surface area (Å²) in [5, 5.41) is 4.31. The van der Waals surface area contributed by atoms with E-state index in [0.717, 1.165) is 5.69 Å². The van der Waals surface area contributed by atoms with Crippen LogP contribution in [0.5, 0.6) is 0 Å². The Morgan fingerprint density at radius 2 is 2.00 bits per heavy atom. The first-order chi connectivity index (χ1) is 7.18. The summed E-state index contributed by atoms with van der Waals surface area (Å²) in [5.74, 6) is -0.0813. The van der Waals surface area contributed by atoms with E-state index >= 15 is 0 Å². The highest BCUT2D eigenvalue weighted by Crippen LogP contribution is 2.16. The highest BCUT2D eigenvalue weighted by Gasteiger charge is 2.11. The Hall–Kier alpha value is -1.61. The van der Waals surface area contributed by atoms with Gasteiger partial charge in [-0.2, -0.15) is 5.10 Å². The maximum absolute atomic E-state index is 11.2. The van der Waals surface area contributed by atoms with Gasteiger partial charge in [0.05, 0.1) is 11.3 Å². The van der Waals surface area contributed by atoms with Gasteiger partial charge in [-0.1, -0.05) is 29.8 Å². The van der Waals surface area contributed by atoms with Crippen LogP contribution < -0.4 is 0 Å². The predicted octanol–water partition coefficient (Wildman–Crippen LogP) is 2.73. The molecule has 0 bridgehead atoms. The fraction of sp³-hybridized carbons (Fsp3) is 0.0909. The summed E-state index contributed by atoms with van der Waals surface area (Å²) in [6.07, 6.45) is 1.64. The molecule has 0 N–H and O–H groups in total. The number of aromatic nitrogens is 2. The molecule has 4 heteroatoms. The normalized spacial score (nSPS) is 10.3. The molecular weight excluding hydrogens is 212 g/mol. The van der Waals surface area contributed by atoms with Crippen molar-refractivity contribution in [3.05, 3.63) is 47.2 Å². The van der Waals surface area contributed by atoms with E-state index in [4.69, 9.17) is 11.6 Å². The van der Waals surface area contributed by atoms with E-state index < -0.39 is 0 Å². The number of carbonyl (C=O) groups excluding carboxylic acids is 1. The van der Waals surface area contributed by atoms with Crippen molar-refractivity contribution in [2.24, 2.45) is 0 Å². The molecule has 76 valence electrons. The monoisotopic (exact) mass is 220 g/mol. The fourth-order valence-electron chi connectivity index (χ4n) is 1.30. The molecule has 1 aromatic heterocycles. The van der Waals surface area contributed by atoms with Gasteiger partial charge in [0.15, 0.2) is 10.9 Å². The summed E-state index contributed by atoms with van der Waals surface area (Å²) in [5.41, 5.74) is 1.33. The second kappa shape index (κ2) is 3.87. The van der Waals surface area contributed by atoms with Crippen molar-refractivity contribution in [1.82, 2.24) is 9.78 Å². The lowest BCUT2D eigenvalue weighted by molar-refractivity contribution is 0.101. The zero-order chi connectivity index (χ0) is 10.8. The first-order valence-corrected chi connectivity index (χ1v) is 4.88. The van der Waals surface area contributed by atoms with E-state index in [0.29, 0.717) is 5.56 Å². The fourth-order valence-corrected chi connectivity index (χ4v) is 1.57. The average molecular weight is 221 g/mol. The Morgan fingerprint density at radius 1 is 1.33 bits per heavy atom. The number of ketones is 1. The molecule has 2 rings (SSSR count). The van der Waals surface area contributed by atoms with Gasteiger partial charge in [0.2, 0.25) is 0 Å². The summed E-state index contributed by atoms with van der Waals surface area (Å²) < 4.78 is 1.60. The molecule has 0 radical (unpaired) electrons. The van der Waals surface area contributed by atoms with Crippen LogP contribution in [0.1, 0.15) is 17.3 Å². The van der Waals surface area contributed by atoms with E-state index in [9.17, 15) is 4.79 Å². The van der Waals surface area contributed by atoms with Crippen molar-refractivity contribution in [3.8, 4) is 5.69 Å². The van der Waals surface area contributed by atoms with Gasteiger partial charge in [-0.25, -0.2) is 4.68 Å². The van der Waals surface area contributed by atoms with E-state index in [2.05, 4.69) is 5.10 Å². The Kier molecular flexibility index (Phi) is 2.56.